The Morgan fingerprint density at radius 1 is 0.569 bits per heavy atom. The number of benzene rings is 6. The summed E-state index contributed by atoms with van der Waals surface area (Å²) in [5.41, 5.74) is 6.64. The Balaban J connectivity index is 1.15. The molecule has 0 saturated heterocycles. The van der Waals surface area contributed by atoms with E-state index in [1.807, 2.05) is 103 Å². The quantitative estimate of drug-likeness (QED) is 0.0268. The van der Waals surface area contributed by atoms with Crippen molar-refractivity contribution in [1.29, 1.82) is 0 Å². The van der Waals surface area contributed by atoms with Crippen LogP contribution in [0.2, 0.25) is 0 Å². The Labute approximate surface area is 387 Å². The lowest BCUT2D eigenvalue weighted by Crippen LogP contribution is -2.49. The van der Waals surface area contributed by atoms with E-state index in [-0.39, 0.29) is 19.1 Å². The zero-order chi connectivity index (χ0) is 44.9. The van der Waals surface area contributed by atoms with Crippen LogP contribution >= 0.6 is 0 Å². The number of fused-ring (bicyclic) bond motifs is 3. The van der Waals surface area contributed by atoms with Crippen LogP contribution in [0.25, 0.3) is 11.1 Å². The Hall–Kier alpha value is -6.24. The second kappa shape index (κ2) is 24.7. The molecule has 0 fully saturated rings. The second-order valence-electron chi connectivity index (χ2n) is 17.2. The van der Waals surface area contributed by atoms with E-state index in [2.05, 4.69) is 79.0 Å². The molecule has 0 radical (unpaired) electrons. The van der Waals surface area contributed by atoms with Crippen LogP contribution in [0.15, 0.2) is 182 Å². The number of carbonyl (C=O) groups excluding carboxylic acids is 2. The molecule has 1 aliphatic rings. The maximum Gasteiger partial charge on any atom is 0.407 e. The first-order chi connectivity index (χ1) is 32.1. The highest BCUT2D eigenvalue weighted by atomic mass is 16.6. The van der Waals surface area contributed by atoms with Gasteiger partial charge in [-0.25, -0.2) is 9.59 Å². The lowest BCUT2D eigenvalue weighted by atomic mass is 9.80. The van der Waals surface area contributed by atoms with Crippen molar-refractivity contribution in [3.63, 3.8) is 0 Å². The number of amides is 1. The lowest BCUT2D eigenvalue weighted by molar-refractivity contribution is -0.0244. The van der Waals surface area contributed by atoms with Gasteiger partial charge in [-0.3, -0.25) is 0 Å². The molecule has 6 nitrogen and oxygen atoms in total. The van der Waals surface area contributed by atoms with Crippen LogP contribution in [0.4, 0.5) is 4.79 Å². The molecule has 0 spiro atoms. The van der Waals surface area contributed by atoms with E-state index in [9.17, 15) is 9.59 Å². The third-order valence-corrected chi connectivity index (χ3v) is 12.6. The first kappa shape index (κ1) is 46.7. The number of allylic oxidation sites excluding steroid dienone is 1. The lowest BCUT2D eigenvalue weighted by Gasteiger charge is -2.38. The fourth-order valence-electron chi connectivity index (χ4n) is 9.17. The van der Waals surface area contributed by atoms with Gasteiger partial charge < -0.3 is 19.5 Å². The molecule has 336 valence electrons. The summed E-state index contributed by atoms with van der Waals surface area (Å²) in [4.78, 5) is 28.2. The molecule has 6 aromatic rings. The van der Waals surface area contributed by atoms with Crippen LogP contribution in [0.3, 0.4) is 0 Å². The van der Waals surface area contributed by atoms with Crippen LogP contribution in [-0.4, -0.2) is 37.4 Å². The highest BCUT2D eigenvalue weighted by molar-refractivity contribution is 5.89. The molecule has 6 heteroatoms. The van der Waals surface area contributed by atoms with E-state index in [0.29, 0.717) is 5.56 Å². The van der Waals surface area contributed by atoms with E-state index in [4.69, 9.17) is 14.2 Å². The van der Waals surface area contributed by atoms with Gasteiger partial charge in [-0.1, -0.05) is 235 Å². The largest absolute Gasteiger partial charge is 0.452 e. The molecule has 0 saturated carbocycles. The molecule has 1 N–H and O–H groups in total. The molecule has 65 heavy (non-hydrogen) atoms. The van der Waals surface area contributed by atoms with E-state index in [0.717, 1.165) is 58.2 Å². The third kappa shape index (κ3) is 12.5. The predicted octanol–water partition coefficient (Wildman–Crippen LogP) is 14.4. The summed E-state index contributed by atoms with van der Waals surface area (Å²) in [7, 11) is 0. The zero-order valence-electron chi connectivity index (χ0n) is 38.0. The molecule has 7 rings (SSSR count). The Morgan fingerprint density at radius 2 is 1.02 bits per heavy atom. The standard InChI is InChI=1S/C59H65NO5/c1-2-3-4-5-6-7-8-9-10-11-12-13-26-43-56(65-57(61)46-31-18-14-19-32-46)55(60-58(62)63-44-54-52-41-29-27-39-50(52)51-40-28-30-42-53(51)54)45-64-59(47-33-20-15-21-34-47,48-35-22-16-23-36-48)49-37-24-17-25-38-49/h14-43,54-56H,2-13,44-45H2,1H3,(H,60,62). The average Bonchev–Trinajstić information content (AvgIpc) is 3.68. The number of esters is 1. The van der Waals surface area contributed by atoms with Crippen molar-refractivity contribution in [2.45, 2.75) is 108 Å². The van der Waals surface area contributed by atoms with Crippen LogP contribution in [0.5, 0.6) is 0 Å². The molecule has 0 heterocycles. The first-order valence-corrected chi connectivity index (χ1v) is 23.9. The third-order valence-electron chi connectivity index (χ3n) is 12.6. The van der Waals surface area contributed by atoms with Crippen molar-refractivity contribution in [1.82, 2.24) is 5.32 Å². The minimum atomic E-state index is -1.09. The van der Waals surface area contributed by atoms with Gasteiger partial charge in [0, 0.05) is 5.92 Å². The fourth-order valence-corrected chi connectivity index (χ4v) is 9.17. The fraction of sp³-hybridized carbons (Fsp3) is 0.322. The molecule has 2 atom stereocenters. The topological polar surface area (TPSA) is 73.9 Å². The van der Waals surface area contributed by atoms with Crippen molar-refractivity contribution in [3.8, 4) is 11.1 Å². The van der Waals surface area contributed by atoms with Gasteiger partial charge >= 0.3 is 12.1 Å². The van der Waals surface area contributed by atoms with Gasteiger partial charge in [0.05, 0.1) is 18.2 Å². The maximum absolute atomic E-state index is 14.3. The van der Waals surface area contributed by atoms with E-state index in [1.54, 1.807) is 12.1 Å². The molecule has 2 unspecified atom stereocenters. The minimum Gasteiger partial charge on any atom is -0.452 e. The Kier molecular flexibility index (Phi) is 17.8. The number of hydrogen-bond acceptors (Lipinski definition) is 5. The van der Waals surface area contributed by atoms with Gasteiger partial charge in [0.1, 0.15) is 18.3 Å². The number of ether oxygens (including phenoxy) is 3. The smallest absolute Gasteiger partial charge is 0.407 e. The monoisotopic (exact) mass is 867 g/mol. The Bertz CT molecular complexity index is 2220. The zero-order valence-corrected chi connectivity index (χ0v) is 38.0. The van der Waals surface area contributed by atoms with Gasteiger partial charge in [0.15, 0.2) is 0 Å². The van der Waals surface area contributed by atoms with Crippen LogP contribution in [-0.2, 0) is 19.8 Å². The van der Waals surface area contributed by atoms with Gasteiger partial charge in [0.2, 0.25) is 0 Å². The van der Waals surface area contributed by atoms with Crippen molar-refractivity contribution >= 4 is 12.1 Å². The summed E-state index contributed by atoms with van der Waals surface area (Å²) >= 11 is 0. The van der Waals surface area contributed by atoms with Gasteiger partial charge in [-0.2, -0.15) is 0 Å². The Morgan fingerprint density at radius 3 is 1.52 bits per heavy atom. The number of carbonyl (C=O) groups is 2. The maximum atomic E-state index is 14.3. The molecule has 0 bridgehead atoms. The molecule has 6 aromatic carbocycles. The summed E-state index contributed by atoms with van der Waals surface area (Å²) in [5.74, 6) is -0.614. The molecular formula is C59H65NO5. The normalized spacial score (nSPS) is 13.2. The van der Waals surface area contributed by atoms with Gasteiger partial charge in [0.25, 0.3) is 0 Å². The summed E-state index contributed by atoms with van der Waals surface area (Å²) in [6, 6.07) is 55.1. The predicted molar refractivity (Wildman–Crippen MR) is 263 cm³/mol. The highest BCUT2D eigenvalue weighted by Crippen LogP contribution is 2.45. The average molecular weight is 868 g/mol. The summed E-state index contributed by atoms with van der Waals surface area (Å²) in [6.07, 6.45) is 17.2. The number of alkyl carbamates (subject to hydrolysis) is 1. The summed E-state index contributed by atoms with van der Waals surface area (Å²) in [6.45, 7) is 2.37. The molecule has 0 aromatic heterocycles. The molecule has 1 amide bonds. The van der Waals surface area contributed by atoms with Crippen LogP contribution < -0.4 is 5.32 Å². The van der Waals surface area contributed by atoms with Gasteiger partial charge in [-0.15, -0.1) is 0 Å². The first-order valence-electron chi connectivity index (χ1n) is 23.9. The number of nitrogens with one attached hydrogen (secondary N) is 1. The number of rotatable bonds is 25. The minimum absolute atomic E-state index is 0.0294. The van der Waals surface area contributed by atoms with E-state index >= 15 is 0 Å². The molecular weight excluding hydrogens is 803 g/mol. The van der Waals surface area contributed by atoms with Gasteiger partial charge in [-0.05, 0) is 70.0 Å². The van der Waals surface area contributed by atoms with Crippen molar-refractivity contribution in [2.24, 2.45) is 0 Å². The number of unbranched alkanes of at least 4 members (excludes halogenated alkanes) is 11. The second-order valence-corrected chi connectivity index (χ2v) is 17.2. The SMILES string of the molecule is CCCCCCCCCCCCCC=CC(OC(=O)c1ccccc1)C(COC(c1ccccc1)(c1ccccc1)c1ccccc1)NC(=O)OCC1c2ccccc2-c2ccccc21. The highest BCUT2D eigenvalue weighted by Gasteiger charge is 2.40. The summed E-state index contributed by atoms with van der Waals surface area (Å²) < 4.78 is 19.8. The van der Waals surface area contributed by atoms with E-state index < -0.39 is 29.8 Å². The van der Waals surface area contributed by atoms with Crippen LogP contribution in [0, 0.1) is 0 Å². The van der Waals surface area contributed by atoms with Crippen molar-refractivity contribution in [2.75, 3.05) is 13.2 Å². The van der Waals surface area contributed by atoms with E-state index in [1.165, 1.54) is 57.8 Å². The summed E-state index contributed by atoms with van der Waals surface area (Å²) in [5, 5.41) is 3.15. The molecule has 0 aliphatic heterocycles. The number of hydrogen-bond donors (Lipinski definition) is 1. The molecule has 1 aliphatic carbocycles. The van der Waals surface area contributed by atoms with Crippen molar-refractivity contribution in [3.05, 3.63) is 215 Å². The van der Waals surface area contributed by atoms with Crippen LogP contribution in [0.1, 0.15) is 128 Å². The van der Waals surface area contributed by atoms with Crippen molar-refractivity contribution < 1.29 is 23.8 Å².